The first-order chi connectivity index (χ1) is 12.0. The van der Waals surface area contributed by atoms with Gasteiger partial charge in [-0.05, 0) is 37.2 Å². The molecular formula is C19H22ClN3O2. The van der Waals surface area contributed by atoms with E-state index in [1.54, 1.807) is 36.2 Å². The molecule has 2 aromatic rings. The average molecular weight is 360 g/mol. The Hall–Kier alpha value is -2.37. The van der Waals surface area contributed by atoms with E-state index < -0.39 is 0 Å². The van der Waals surface area contributed by atoms with Crippen LogP contribution in [0.1, 0.15) is 11.1 Å². The molecule has 2 aromatic carbocycles. The number of amides is 2. The minimum atomic E-state index is -0.220. The molecule has 0 atom stereocenters. The van der Waals surface area contributed by atoms with E-state index in [9.17, 15) is 9.59 Å². The molecule has 25 heavy (non-hydrogen) atoms. The van der Waals surface area contributed by atoms with Gasteiger partial charge in [0.05, 0.1) is 23.8 Å². The summed E-state index contributed by atoms with van der Waals surface area (Å²) in [5.41, 5.74) is 2.77. The largest absolute Gasteiger partial charge is 0.351 e. The van der Waals surface area contributed by atoms with Gasteiger partial charge in [0.15, 0.2) is 0 Å². The van der Waals surface area contributed by atoms with Crippen LogP contribution in [0.5, 0.6) is 0 Å². The van der Waals surface area contributed by atoms with E-state index >= 15 is 0 Å². The number of benzene rings is 2. The number of hydrogen-bond donors (Lipinski definition) is 2. The van der Waals surface area contributed by atoms with E-state index in [1.807, 2.05) is 31.2 Å². The molecule has 0 spiro atoms. The van der Waals surface area contributed by atoms with Gasteiger partial charge >= 0.3 is 0 Å². The van der Waals surface area contributed by atoms with Crippen molar-refractivity contribution in [2.75, 3.05) is 25.5 Å². The first-order valence-corrected chi connectivity index (χ1v) is 8.37. The zero-order chi connectivity index (χ0) is 18.2. The summed E-state index contributed by atoms with van der Waals surface area (Å²) in [6.07, 6.45) is 0. The number of likely N-dealkylation sites (N-methyl/N-ethyl adjacent to an activating group) is 1. The number of carbonyl (C=O) groups is 2. The van der Waals surface area contributed by atoms with Crippen molar-refractivity contribution >= 4 is 29.1 Å². The third-order valence-corrected chi connectivity index (χ3v) is 4.04. The molecule has 2 N–H and O–H groups in total. The van der Waals surface area contributed by atoms with Gasteiger partial charge in [0.25, 0.3) is 0 Å². The lowest BCUT2D eigenvalue weighted by Gasteiger charge is -2.16. The molecule has 2 amide bonds. The summed E-state index contributed by atoms with van der Waals surface area (Å²) in [6.45, 7) is 2.72. The first kappa shape index (κ1) is 19.0. The summed E-state index contributed by atoms with van der Waals surface area (Å²) in [7, 11) is 1.72. The van der Waals surface area contributed by atoms with Gasteiger partial charge in [-0.1, -0.05) is 48.0 Å². The van der Waals surface area contributed by atoms with E-state index in [4.69, 9.17) is 11.6 Å². The lowest BCUT2D eigenvalue weighted by atomic mass is 10.1. The van der Waals surface area contributed by atoms with Crippen LogP contribution < -0.4 is 10.6 Å². The topological polar surface area (TPSA) is 61.4 Å². The second kappa shape index (κ2) is 9.20. The van der Waals surface area contributed by atoms with E-state index in [2.05, 4.69) is 10.6 Å². The molecular weight excluding hydrogens is 338 g/mol. The van der Waals surface area contributed by atoms with E-state index in [-0.39, 0.29) is 24.9 Å². The van der Waals surface area contributed by atoms with Gasteiger partial charge in [-0.25, -0.2) is 0 Å². The molecule has 0 aliphatic heterocycles. The van der Waals surface area contributed by atoms with Crippen molar-refractivity contribution in [3.63, 3.8) is 0 Å². The quantitative estimate of drug-likeness (QED) is 0.799. The van der Waals surface area contributed by atoms with Crippen LogP contribution in [-0.2, 0) is 16.1 Å². The first-order valence-electron chi connectivity index (χ1n) is 8.00. The van der Waals surface area contributed by atoms with Crippen LogP contribution in [0.25, 0.3) is 0 Å². The Bertz CT molecular complexity index is 749. The standard InChI is InChI=1S/C19H22ClN3O2/c1-14-7-3-4-8-15(14)11-21-18(24)12-23(2)13-19(25)22-17-10-6-5-9-16(17)20/h3-10H,11-13H2,1-2H3,(H,21,24)(H,22,25). The Balaban J connectivity index is 1.76. The molecule has 0 unspecified atom stereocenters. The van der Waals surface area contributed by atoms with Gasteiger partial charge in [0.2, 0.25) is 11.8 Å². The van der Waals surface area contributed by atoms with Gasteiger partial charge in [-0.3, -0.25) is 14.5 Å². The number of rotatable bonds is 7. The molecule has 0 aliphatic carbocycles. The normalized spacial score (nSPS) is 10.6. The van der Waals surface area contributed by atoms with Crippen LogP contribution in [0.2, 0.25) is 5.02 Å². The Morgan fingerprint density at radius 3 is 2.36 bits per heavy atom. The summed E-state index contributed by atoms with van der Waals surface area (Å²) >= 11 is 6.01. The maximum absolute atomic E-state index is 12.0. The van der Waals surface area contributed by atoms with Crippen LogP contribution in [0.15, 0.2) is 48.5 Å². The van der Waals surface area contributed by atoms with Crippen LogP contribution in [0.3, 0.4) is 0 Å². The van der Waals surface area contributed by atoms with E-state index in [0.29, 0.717) is 17.3 Å². The predicted octanol–water partition coefficient (Wildman–Crippen LogP) is 2.84. The SMILES string of the molecule is Cc1ccccc1CNC(=O)CN(C)CC(=O)Nc1ccccc1Cl. The highest BCUT2D eigenvalue weighted by molar-refractivity contribution is 6.33. The Kier molecular flexibility index (Phi) is 6.98. The van der Waals surface area contributed by atoms with Crippen molar-refractivity contribution in [2.24, 2.45) is 0 Å². The van der Waals surface area contributed by atoms with E-state index in [0.717, 1.165) is 11.1 Å². The second-order valence-electron chi connectivity index (χ2n) is 5.90. The third-order valence-electron chi connectivity index (χ3n) is 3.71. The fourth-order valence-corrected chi connectivity index (χ4v) is 2.54. The highest BCUT2D eigenvalue weighted by atomic mass is 35.5. The van der Waals surface area contributed by atoms with Crippen molar-refractivity contribution < 1.29 is 9.59 Å². The fraction of sp³-hybridized carbons (Fsp3) is 0.263. The molecule has 0 radical (unpaired) electrons. The van der Waals surface area contributed by atoms with Crippen molar-refractivity contribution in [3.8, 4) is 0 Å². The molecule has 6 heteroatoms. The predicted molar refractivity (Wildman–Crippen MR) is 101 cm³/mol. The van der Waals surface area contributed by atoms with Crippen molar-refractivity contribution in [1.29, 1.82) is 0 Å². The zero-order valence-electron chi connectivity index (χ0n) is 14.4. The Morgan fingerprint density at radius 2 is 1.64 bits per heavy atom. The lowest BCUT2D eigenvalue weighted by molar-refractivity contribution is -0.123. The number of anilines is 1. The number of carbonyl (C=O) groups excluding carboxylic acids is 2. The molecule has 0 bridgehead atoms. The highest BCUT2D eigenvalue weighted by Crippen LogP contribution is 2.20. The van der Waals surface area contributed by atoms with Crippen molar-refractivity contribution in [2.45, 2.75) is 13.5 Å². The molecule has 0 saturated heterocycles. The summed E-state index contributed by atoms with van der Waals surface area (Å²) in [5.74, 6) is -0.349. The number of aryl methyl sites for hydroxylation is 1. The lowest BCUT2D eigenvalue weighted by Crippen LogP contribution is -2.38. The minimum Gasteiger partial charge on any atom is -0.351 e. The summed E-state index contributed by atoms with van der Waals surface area (Å²) in [4.78, 5) is 25.7. The fourth-order valence-electron chi connectivity index (χ4n) is 2.36. The molecule has 0 saturated carbocycles. The zero-order valence-corrected chi connectivity index (χ0v) is 15.1. The molecule has 0 heterocycles. The summed E-state index contributed by atoms with van der Waals surface area (Å²) < 4.78 is 0. The maximum atomic E-state index is 12.0. The minimum absolute atomic E-state index is 0.100. The maximum Gasteiger partial charge on any atom is 0.238 e. The van der Waals surface area contributed by atoms with Gasteiger partial charge < -0.3 is 10.6 Å². The highest BCUT2D eigenvalue weighted by Gasteiger charge is 2.12. The molecule has 0 aromatic heterocycles. The number of nitrogens with zero attached hydrogens (tertiary/aromatic N) is 1. The summed E-state index contributed by atoms with van der Waals surface area (Å²) in [5, 5.41) is 6.09. The Morgan fingerprint density at radius 1 is 1.00 bits per heavy atom. The number of halogens is 1. The second-order valence-corrected chi connectivity index (χ2v) is 6.31. The van der Waals surface area contributed by atoms with Crippen molar-refractivity contribution in [1.82, 2.24) is 10.2 Å². The molecule has 0 aliphatic rings. The van der Waals surface area contributed by atoms with Gasteiger partial charge in [0.1, 0.15) is 0 Å². The number of nitrogens with one attached hydrogen (secondary N) is 2. The number of hydrogen-bond acceptors (Lipinski definition) is 3. The summed E-state index contributed by atoms with van der Waals surface area (Å²) in [6, 6.07) is 14.9. The van der Waals surface area contributed by atoms with Crippen LogP contribution in [0, 0.1) is 6.92 Å². The van der Waals surface area contributed by atoms with Crippen LogP contribution >= 0.6 is 11.6 Å². The van der Waals surface area contributed by atoms with Crippen LogP contribution in [-0.4, -0.2) is 36.9 Å². The van der Waals surface area contributed by atoms with Gasteiger partial charge in [-0.2, -0.15) is 0 Å². The van der Waals surface area contributed by atoms with E-state index in [1.165, 1.54) is 0 Å². The van der Waals surface area contributed by atoms with Crippen LogP contribution in [0.4, 0.5) is 5.69 Å². The Labute approximate surface area is 153 Å². The average Bonchev–Trinajstić information content (AvgIpc) is 2.56. The van der Waals surface area contributed by atoms with Crippen molar-refractivity contribution in [3.05, 3.63) is 64.7 Å². The number of para-hydroxylation sites is 1. The smallest absolute Gasteiger partial charge is 0.238 e. The van der Waals surface area contributed by atoms with Gasteiger partial charge in [-0.15, -0.1) is 0 Å². The third kappa shape index (κ3) is 6.21. The molecule has 2 rings (SSSR count). The monoisotopic (exact) mass is 359 g/mol. The molecule has 5 nitrogen and oxygen atoms in total. The molecule has 0 fully saturated rings. The van der Waals surface area contributed by atoms with Gasteiger partial charge in [0, 0.05) is 6.54 Å². The molecule has 132 valence electrons.